The minimum atomic E-state index is 0. The van der Waals surface area contributed by atoms with Crippen LogP contribution in [0, 0.1) is 5.41 Å². The maximum absolute atomic E-state index is 5.36. The first kappa shape index (κ1) is 21.1. The van der Waals surface area contributed by atoms with E-state index in [0.717, 1.165) is 24.0 Å². The van der Waals surface area contributed by atoms with Crippen LogP contribution in [-0.4, -0.2) is 33.4 Å². The SMILES string of the molecule is CNC(C)Cc1noc(-c2ccc(-c3noc(CC(C)(C)C)n3)cc2)n1.Cl. The number of benzene rings is 1. The lowest BCUT2D eigenvalue weighted by atomic mass is 9.92. The molecule has 2 heterocycles. The number of halogens is 1. The molecule has 1 N–H and O–H groups in total. The van der Waals surface area contributed by atoms with Gasteiger partial charge in [-0.2, -0.15) is 9.97 Å². The first-order chi connectivity index (χ1) is 12.3. The lowest BCUT2D eigenvalue weighted by Crippen LogP contribution is -2.24. The Morgan fingerprint density at radius 2 is 1.67 bits per heavy atom. The Labute approximate surface area is 165 Å². The molecule has 0 aliphatic carbocycles. The van der Waals surface area contributed by atoms with Crippen molar-refractivity contribution in [3.05, 3.63) is 36.0 Å². The molecule has 0 aliphatic rings. The fourth-order valence-electron chi connectivity index (χ4n) is 2.49. The van der Waals surface area contributed by atoms with Crippen LogP contribution in [0.5, 0.6) is 0 Å². The van der Waals surface area contributed by atoms with E-state index in [1.807, 2.05) is 31.3 Å². The molecule has 1 unspecified atom stereocenters. The normalized spacial score (nSPS) is 12.6. The lowest BCUT2D eigenvalue weighted by molar-refractivity contribution is 0.314. The van der Waals surface area contributed by atoms with Crippen LogP contribution in [0.15, 0.2) is 33.3 Å². The molecule has 3 aromatic rings. The number of nitrogens with one attached hydrogen (secondary N) is 1. The molecule has 0 radical (unpaired) electrons. The first-order valence-corrected chi connectivity index (χ1v) is 8.77. The van der Waals surface area contributed by atoms with Crippen molar-refractivity contribution in [3.8, 4) is 22.8 Å². The zero-order chi connectivity index (χ0) is 18.7. The summed E-state index contributed by atoms with van der Waals surface area (Å²) in [6, 6.07) is 8.01. The van der Waals surface area contributed by atoms with Gasteiger partial charge < -0.3 is 14.4 Å². The van der Waals surface area contributed by atoms with Crippen molar-refractivity contribution in [1.82, 2.24) is 25.6 Å². The number of likely N-dealkylation sites (N-methyl/N-ethyl adjacent to an activating group) is 1. The third-order valence-corrected chi connectivity index (χ3v) is 3.99. The molecule has 0 bridgehead atoms. The van der Waals surface area contributed by atoms with E-state index in [1.54, 1.807) is 0 Å². The summed E-state index contributed by atoms with van der Waals surface area (Å²) in [5.74, 6) is 2.44. The van der Waals surface area contributed by atoms with Crippen molar-refractivity contribution in [2.75, 3.05) is 7.05 Å². The van der Waals surface area contributed by atoms with Gasteiger partial charge in [-0.3, -0.25) is 0 Å². The van der Waals surface area contributed by atoms with E-state index in [2.05, 4.69) is 53.3 Å². The minimum Gasteiger partial charge on any atom is -0.339 e. The molecule has 0 aliphatic heterocycles. The predicted molar refractivity (Wildman–Crippen MR) is 106 cm³/mol. The zero-order valence-electron chi connectivity index (χ0n) is 16.3. The number of aromatic nitrogens is 4. The van der Waals surface area contributed by atoms with Crippen molar-refractivity contribution >= 4 is 12.4 Å². The Bertz CT molecular complexity index is 852. The Hall–Kier alpha value is -2.25. The molecule has 0 saturated carbocycles. The molecule has 3 rings (SSSR count). The predicted octanol–water partition coefficient (Wildman–Crippen LogP) is 3.95. The summed E-state index contributed by atoms with van der Waals surface area (Å²) in [4.78, 5) is 8.93. The van der Waals surface area contributed by atoms with Crippen molar-refractivity contribution in [1.29, 1.82) is 0 Å². The van der Waals surface area contributed by atoms with Gasteiger partial charge in [0.05, 0.1) is 0 Å². The summed E-state index contributed by atoms with van der Waals surface area (Å²) in [5.41, 5.74) is 1.86. The van der Waals surface area contributed by atoms with E-state index in [-0.39, 0.29) is 17.8 Å². The highest BCUT2D eigenvalue weighted by molar-refractivity contribution is 5.85. The van der Waals surface area contributed by atoms with Gasteiger partial charge in [0.25, 0.3) is 5.89 Å². The third kappa shape index (κ3) is 5.61. The largest absolute Gasteiger partial charge is 0.339 e. The summed E-state index contributed by atoms with van der Waals surface area (Å²) in [6.07, 6.45) is 1.46. The van der Waals surface area contributed by atoms with Gasteiger partial charge in [-0.25, -0.2) is 0 Å². The van der Waals surface area contributed by atoms with Crippen LogP contribution >= 0.6 is 12.4 Å². The first-order valence-electron chi connectivity index (χ1n) is 8.77. The van der Waals surface area contributed by atoms with Crippen LogP contribution < -0.4 is 5.32 Å². The molecule has 0 spiro atoms. The molecule has 0 amide bonds. The summed E-state index contributed by atoms with van der Waals surface area (Å²) in [5, 5.41) is 11.3. The quantitative estimate of drug-likeness (QED) is 0.680. The maximum Gasteiger partial charge on any atom is 0.257 e. The van der Waals surface area contributed by atoms with Gasteiger partial charge in [0.1, 0.15) is 0 Å². The molecule has 0 fully saturated rings. The van der Waals surface area contributed by atoms with E-state index in [1.165, 1.54) is 0 Å². The standard InChI is InChI=1S/C19H25N5O2.ClH/c1-12(20-5)10-15-21-18(26-23-15)14-8-6-13(7-9-14)17-22-16(25-24-17)11-19(2,3)4;/h6-9,12,20H,10-11H2,1-5H3;1H. The number of hydrogen-bond donors (Lipinski definition) is 1. The smallest absolute Gasteiger partial charge is 0.257 e. The Morgan fingerprint density at radius 3 is 2.30 bits per heavy atom. The van der Waals surface area contributed by atoms with Crippen LogP contribution in [0.3, 0.4) is 0 Å². The average Bonchev–Trinajstić information content (AvgIpc) is 3.23. The molecule has 7 nitrogen and oxygen atoms in total. The molecular weight excluding hydrogens is 366 g/mol. The van der Waals surface area contributed by atoms with E-state index in [9.17, 15) is 0 Å². The van der Waals surface area contributed by atoms with Gasteiger partial charge >= 0.3 is 0 Å². The fourth-order valence-corrected chi connectivity index (χ4v) is 2.49. The Balaban J connectivity index is 0.00000261. The summed E-state index contributed by atoms with van der Waals surface area (Å²) >= 11 is 0. The van der Waals surface area contributed by atoms with Crippen LogP contribution in [-0.2, 0) is 12.8 Å². The summed E-state index contributed by atoms with van der Waals surface area (Å²) < 4.78 is 10.7. The van der Waals surface area contributed by atoms with Crippen molar-refractivity contribution in [2.45, 2.75) is 46.6 Å². The molecule has 1 aromatic carbocycles. The molecule has 8 heteroatoms. The van der Waals surface area contributed by atoms with Crippen molar-refractivity contribution < 1.29 is 9.05 Å². The van der Waals surface area contributed by atoms with Crippen LogP contribution in [0.1, 0.15) is 39.4 Å². The molecular formula is C19H26ClN5O2. The van der Waals surface area contributed by atoms with Gasteiger partial charge in [0.2, 0.25) is 11.7 Å². The van der Waals surface area contributed by atoms with E-state index in [4.69, 9.17) is 9.05 Å². The number of rotatable bonds is 6. The number of nitrogens with zero attached hydrogens (tertiary/aromatic N) is 4. The molecule has 27 heavy (non-hydrogen) atoms. The highest BCUT2D eigenvalue weighted by Crippen LogP contribution is 2.24. The zero-order valence-corrected chi connectivity index (χ0v) is 17.1. The topological polar surface area (TPSA) is 89.9 Å². The van der Waals surface area contributed by atoms with Gasteiger partial charge in [-0.1, -0.05) is 43.2 Å². The van der Waals surface area contributed by atoms with Gasteiger partial charge in [-0.05, 0) is 31.5 Å². The lowest BCUT2D eigenvalue weighted by Gasteiger charge is -2.13. The summed E-state index contributed by atoms with van der Waals surface area (Å²) in [7, 11) is 1.91. The second-order valence-corrected chi connectivity index (χ2v) is 7.74. The van der Waals surface area contributed by atoms with E-state index >= 15 is 0 Å². The summed E-state index contributed by atoms with van der Waals surface area (Å²) in [6.45, 7) is 8.49. The molecule has 146 valence electrons. The van der Waals surface area contributed by atoms with Crippen LogP contribution in [0.4, 0.5) is 0 Å². The van der Waals surface area contributed by atoms with Crippen molar-refractivity contribution in [2.24, 2.45) is 5.41 Å². The number of hydrogen-bond acceptors (Lipinski definition) is 7. The monoisotopic (exact) mass is 391 g/mol. The van der Waals surface area contributed by atoms with Crippen LogP contribution in [0.25, 0.3) is 22.8 Å². The molecule has 0 saturated heterocycles. The Morgan fingerprint density at radius 1 is 1.00 bits per heavy atom. The Kier molecular flexibility index (Phi) is 6.73. The van der Waals surface area contributed by atoms with Gasteiger partial charge in [0, 0.05) is 30.0 Å². The van der Waals surface area contributed by atoms with E-state index < -0.39 is 0 Å². The molecule has 2 aromatic heterocycles. The van der Waals surface area contributed by atoms with Crippen LogP contribution in [0.2, 0.25) is 0 Å². The fraction of sp³-hybridized carbons (Fsp3) is 0.474. The van der Waals surface area contributed by atoms with Crippen molar-refractivity contribution in [3.63, 3.8) is 0 Å². The second kappa shape index (κ2) is 8.63. The van der Waals surface area contributed by atoms with Gasteiger partial charge in [-0.15, -0.1) is 12.4 Å². The maximum atomic E-state index is 5.36. The van der Waals surface area contributed by atoms with Gasteiger partial charge in [0.15, 0.2) is 5.82 Å². The highest BCUT2D eigenvalue weighted by atomic mass is 35.5. The third-order valence-electron chi connectivity index (χ3n) is 3.99. The average molecular weight is 392 g/mol. The van der Waals surface area contributed by atoms with E-state index in [0.29, 0.717) is 29.5 Å². The highest BCUT2D eigenvalue weighted by Gasteiger charge is 2.17. The second-order valence-electron chi connectivity index (χ2n) is 7.74. The minimum absolute atomic E-state index is 0. The molecule has 1 atom stereocenters.